The fourth-order valence-corrected chi connectivity index (χ4v) is 4.26. The molecule has 0 bridgehead atoms. The molecule has 0 unspecified atom stereocenters. The third-order valence-corrected chi connectivity index (χ3v) is 6.02. The van der Waals surface area contributed by atoms with Crippen molar-refractivity contribution in [1.82, 2.24) is 9.71 Å². The fourth-order valence-electron chi connectivity index (χ4n) is 3.08. The summed E-state index contributed by atoms with van der Waals surface area (Å²) in [7, 11) is -4.04. The first-order chi connectivity index (χ1) is 12.9. The summed E-state index contributed by atoms with van der Waals surface area (Å²) in [4.78, 5) is 5.70. The van der Waals surface area contributed by atoms with Crippen molar-refractivity contribution >= 4 is 15.8 Å². The van der Waals surface area contributed by atoms with E-state index in [0.29, 0.717) is 43.4 Å². The highest BCUT2D eigenvalue weighted by Gasteiger charge is 2.25. The summed E-state index contributed by atoms with van der Waals surface area (Å²) in [5, 5.41) is 9.18. The average Bonchev–Trinajstić information content (AvgIpc) is 2.66. The van der Waals surface area contributed by atoms with Gasteiger partial charge in [-0.1, -0.05) is 0 Å². The molecule has 2 heterocycles. The summed E-state index contributed by atoms with van der Waals surface area (Å²) in [6.45, 7) is 1.45. The lowest BCUT2D eigenvalue weighted by atomic mass is 9.97. The van der Waals surface area contributed by atoms with Crippen LogP contribution in [0.3, 0.4) is 0 Å². The highest BCUT2D eigenvalue weighted by Crippen LogP contribution is 2.24. The first kappa shape index (κ1) is 19.2. The minimum atomic E-state index is -4.04. The van der Waals surface area contributed by atoms with Crippen molar-refractivity contribution in [2.75, 3.05) is 24.5 Å². The van der Waals surface area contributed by atoms with Crippen LogP contribution in [0.1, 0.15) is 18.4 Å². The maximum Gasteiger partial charge on any atom is 0.243 e. The summed E-state index contributed by atoms with van der Waals surface area (Å²) in [5.41, 5.74) is 0.503. The summed E-state index contributed by atoms with van der Waals surface area (Å²) >= 11 is 0. The minimum Gasteiger partial charge on any atom is -0.356 e. The molecule has 1 N–H and O–H groups in total. The van der Waals surface area contributed by atoms with Crippen molar-refractivity contribution in [1.29, 1.82) is 5.26 Å². The number of sulfonamides is 1. The van der Waals surface area contributed by atoms with Gasteiger partial charge in [0.25, 0.3) is 0 Å². The molecule has 0 spiro atoms. The van der Waals surface area contributed by atoms with Crippen LogP contribution in [0.25, 0.3) is 0 Å². The van der Waals surface area contributed by atoms with Crippen molar-refractivity contribution in [2.24, 2.45) is 5.92 Å². The number of nitrogens with one attached hydrogen (secondary N) is 1. The van der Waals surface area contributed by atoms with E-state index in [4.69, 9.17) is 0 Å². The molecular weight excluding hydrogens is 374 g/mol. The van der Waals surface area contributed by atoms with Crippen molar-refractivity contribution in [2.45, 2.75) is 17.7 Å². The Balaban J connectivity index is 1.59. The van der Waals surface area contributed by atoms with E-state index >= 15 is 0 Å². The Morgan fingerprint density at radius 1 is 1.26 bits per heavy atom. The second kappa shape index (κ2) is 7.98. The van der Waals surface area contributed by atoms with Crippen molar-refractivity contribution < 1.29 is 17.2 Å². The molecule has 142 valence electrons. The standard InChI is InChI=1S/C18H18F2N4O2S/c19-15-3-4-17(16(20)10-15)27(25,26)23-12-13-5-8-24(9-6-13)18-14(11-21)2-1-7-22-18/h1-4,7,10,13,23H,5-6,8-9,12H2. The molecule has 1 aliphatic rings. The fraction of sp³-hybridized carbons (Fsp3) is 0.333. The van der Waals surface area contributed by atoms with Gasteiger partial charge in [-0.15, -0.1) is 0 Å². The molecule has 1 aromatic carbocycles. The molecule has 0 amide bonds. The molecule has 1 saturated heterocycles. The summed E-state index contributed by atoms with van der Waals surface area (Å²) in [6, 6.07) is 7.91. The molecule has 0 saturated carbocycles. The van der Waals surface area contributed by atoms with Crippen LogP contribution in [-0.4, -0.2) is 33.0 Å². The van der Waals surface area contributed by atoms with Gasteiger partial charge in [-0.2, -0.15) is 5.26 Å². The third kappa shape index (κ3) is 4.40. The van der Waals surface area contributed by atoms with Crippen LogP contribution in [0.4, 0.5) is 14.6 Å². The number of rotatable bonds is 5. The zero-order chi connectivity index (χ0) is 19.4. The van der Waals surface area contributed by atoms with Crippen LogP contribution in [0, 0.1) is 28.9 Å². The largest absolute Gasteiger partial charge is 0.356 e. The smallest absolute Gasteiger partial charge is 0.243 e. The van der Waals surface area contributed by atoms with Gasteiger partial charge in [0, 0.05) is 31.9 Å². The zero-order valence-corrected chi connectivity index (χ0v) is 15.2. The van der Waals surface area contributed by atoms with Crippen molar-refractivity contribution in [3.8, 4) is 6.07 Å². The number of benzene rings is 1. The molecule has 0 atom stereocenters. The molecular formula is C18H18F2N4O2S. The van der Waals surface area contributed by atoms with Gasteiger partial charge in [-0.3, -0.25) is 0 Å². The monoisotopic (exact) mass is 392 g/mol. The molecule has 1 aromatic heterocycles. The van der Waals surface area contributed by atoms with Gasteiger partial charge >= 0.3 is 0 Å². The number of hydrogen-bond acceptors (Lipinski definition) is 5. The summed E-state index contributed by atoms with van der Waals surface area (Å²) in [6.07, 6.45) is 3.04. The van der Waals surface area contributed by atoms with Gasteiger partial charge < -0.3 is 4.90 Å². The highest BCUT2D eigenvalue weighted by atomic mass is 32.2. The predicted octanol–water partition coefficient (Wildman–Crippen LogP) is 2.43. The average molecular weight is 392 g/mol. The summed E-state index contributed by atoms with van der Waals surface area (Å²) in [5.74, 6) is -1.23. The number of piperidine rings is 1. The molecule has 0 radical (unpaired) electrons. The Kier molecular flexibility index (Phi) is 5.68. The maximum absolute atomic E-state index is 13.7. The van der Waals surface area contributed by atoms with Crippen LogP contribution in [-0.2, 0) is 10.0 Å². The lowest BCUT2D eigenvalue weighted by Gasteiger charge is -2.33. The van der Waals surface area contributed by atoms with Gasteiger partial charge in [0.05, 0.1) is 5.56 Å². The van der Waals surface area contributed by atoms with E-state index in [1.807, 2.05) is 4.90 Å². The Hall–Kier alpha value is -2.57. The molecule has 0 aliphatic carbocycles. The molecule has 3 rings (SSSR count). The van der Waals surface area contributed by atoms with E-state index in [0.717, 1.165) is 12.1 Å². The third-order valence-electron chi connectivity index (χ3n) is 4.57. The van der Waals surface area contributed by atoms with E-state index < -0.39 is 26.6 Å². The molecule has 2 aromatic rings. The SMILES string of the molecule is N#Cc1cccnc1N1CCC(CNS(=O)(=O)c2ccc(F)cc2F)CC1. The Labute approximate surface area is 156 Å². The Morgan fingerprint density at radius 3 is 2.67 bits per heavy atom. The first-order valence-corrected chi connectivity index (χ1v) is 9.94. The number of nitriles is 1. The summed E-state index contributed by atoms with van der Waals surface area (Å²) < 4.78 is 53.6. The predicted molar refractivity (Wildman–Crippen MR) is 95.4 cm³/mol. The number of hydrogen-bond donors (Lipinski definition) is 1. The van der Waals surface area contributed by atoms with Crippen LogP contribution in [0.5, 0.6) is 0 Å². The molecule has 1 aliphatic heterocycles. The van der Waals surface area contributed by atoms with Crippen molar-refractivity contribution in [3.05, 3.63) is 53.7 Å². The first-order valence-electron chi connectivity index (χ1n) is 8.45. The topological polar surface area (TPSA) is 86.1 Å². The Morgan fingerprint density at radius 2 is 2.00 bits per heavy atom. The van der Waals surface area contributed by atoms with E-state index in [1.54, 1.807) is 18.3 Å². The van der Waals surface area contributed by atoms with Gasteiger partial charge in [0.2, 0.25) is 10.0 Å². The zero-order valence-electron chi connectivity index (χ0n) is 14.4. The van der Waals surface area contributed by atoms with Crippen LogP contribution in [0.15, 0.2) is 41.4 Å². The van der Waals surface area contributed by atoms with Crippen LogP contribution in [0.2, 0.25) is 0 Å². The highest BCUT2D eigenvalue weighted by molar-refractivity contribution is 7.89. The normalized spacial score (nSPS) is 15.5. The molecule has 9 heteroatoms. The van der Waals surface area contributed by atoms with E-state index in [-0.39, 0.29) is 12.5 Å². The van der Waals surface area contributed by atoms with Gasteiger partial charge in [-0.05, 0) is 43.0 Å². The molecule has 27 heavy (non-hydrogen) atoms. The molecule has 1 fully saturated rings. The number of pyridine rings is 1. The van der Waals surface area contributed by atoms with E-state index in [9.17, 15) is 22.5 Å². The minimum absolute atomic E-state index is 0.0776. The van der Waals surface area contributed by atoms with Crippen LogP contribution >= 0.6 is 0 Å². The second-order valence-electron chi connectivity index (χ2n) is 6.34. The maximum atomic E-state index is 13.7. The lowest BCUT2D eigenvalue weighted by molar-refractivity contribution is 0.400. The number of halogens is 2. The lowest BCUT2D eigenvalue weighted by Crippen LogP contribution is -2.39. The van der Waals surface area contributed by atoms with E-state index in [1.165, 1.54) is 0 Å². The Bertz CT molecular complexity index is 968. The number of nitrogens with zero attached hydrogens (tertiary/aromatic N) is 3. The van der Waals surface area contributed by atoms with Crippen molar-refractivity contribution in [3.63, 3.8) is 0 Å². The number of aromatic nitrogens is 1. The van der Waals surface area contributed by atoms with Gasteiger partial charge in [-0.25, -0.2) is 26.9 Å². The number of anilines is 1. The van der Waals surface area contributed by atoms with Gasteiger partial charge in [0.15, 0.2) is 0 Å². The second-order valence-corrected chi connectivity index (χ2v) is 8.08. The van der Waals surface area contributed by atoms with Gasteiger partial charge in [0.1, 0.15) is 28.4 Å². The quantitative estimate of drug-likeness (QED) is 0.845. The molecule has 6 nitrogen and oxygen atoms in total. The van der Waals surface area contributed by atoms with E-state index in [2.05, 4.69) is 15.8 Å². The van der Waals surface area contributed by atoms with Crippen LogP contribution < -0.4 is 9.62 Å².